The van der Waals surface area contributed by atoms with E-state index in [9.17, 15) is 4.79 Å². The van der Waals surface area contributed by atoms with E-state index >= 15 is 0 Å². The van der Waals surface area contributed by atoms with Crippen LogP contribution in [0.2, 0.25) is 0 Å². The van der Waals surface area contributed by atoms with Crippen LogP contribution in [0.25, 0.3) is 0 Å². The fourth-order valence-electron chi connectivity index (χ4n) is 1.24. The van der Waals surface area contributed by atoms with Crippen LogP contribution in [0.3, 0.4) is 0 Å². The van der Waals surface area contributed by atoms with Gasteiger partial charge in [0.2, 0.25) is 5.91 Å². The standard InChI is InChI=1S/C13H27NO3.2C2H6.H2/c1-4-8-14-13(15)7-11-16-9-5-6-10-17-12(2)3;2*1-2;/h12H,4-11H2,1-3H3,(H,14,15);2*1-2H3;1H. The number of ether oxygens (including phenoxy) is 2. The summed E-state index contributed by atoms with van der Waals surface area (Å²) < 4.78 is 10.8. The summed E-state index contributed by atoms with van der Waals surface area (Å²) in [6.45, 7) is 16.9. The summed E-state index contributed by atoms with van der Waals surface area (Å²) in [6.07, 6.45) is 3.74. The minimum absolute atomic E-state index is 0. The predicted octanol–water partition coefficient (Wildman–Crippen LogP) is 4.42. The van der Waals surface area contributed by atoms with E-state index in [0.29, 0.717) is 25.7 Å². The molecule has 0 fully saturated rings. The second kappa shape index (κ2) is 24.4. The fourth-order valence-corrected chi connectivity index (χ4v) is 1.24. The molecule has 0 heterocycles. The van der Waals surface area contributed by atoms with Crippen molar-refractivity contribution < 1.29 is 15.7 Å². The Labute approximate surface area is 134 Å². The van der Waals surface area contributed by atoms with Gasteiger partial charge in [0, 0.05) is 27.6 Å². The largest absolute Gasteiger partial charge is 0.381 e. The molecule has 0 aliphatic heterocycles. The van der Waals surface area contributed by atoms with Gasteiger partial charge in [-0.25, -0.2) is 0 Å². The average molecular weight is 308 g/mol. The Morgan fingerprint density at radius 2 is 1.62 bits per heavy atom. The highest BCUT2D eigenvalue weighted by molar-refractivity contribution is 5.75. The maximum absolute atomic E-state index is 11.2. The molecule has 0 aliphatic carbocycles. The first-order chi connectivity index (χ1) is 10.2. The minimum Gasteiger partial charge on any atom is -0.381 e. The average Bonchev–Trinajstić information content (AvgIpc) is 2.51. The molecule has 4 heteroatoms. The smallest absolute Gasteiger partial charge is 0.222 e. The maximum Gasteiger partial charge on any atom is 0.222 e. The van der Waals surface area contributed by atoms with Crippen LogP contribution in [0, 0.1) is 0 Å². The van der Waals surface area contributed by atoms with Gasteiger partial charge < -0.3 is 14.8 Å². The molecule has 0 saturated heterocycles. The third-order valence-corrected chi connectivity index (χ3v) is 2.18. The summed E-state index contributed by atoms with van der Waals surface area (Å²) in [5.74, 6) is 0.0787. The maximum atomic E-state index is 11.2. The molecule has 0 aromatic carbocycles. The van der Waals surface area contributed by atoms with Crippen molar-refractivity contribution in [1.29, 1.82) is 0 Å². The highest BCUT2D eigenvalue weighted by Crippen LogP contribution is 1.95. The number of hydrogen-bond acceptors (Lipinski definition) is 3. The van der Waals surface area contributed by atoms with Crippen LogP contribution < -0.4 is 5.32 Å². The van der Waals surface area contributed by atoms with Gasteiger partial charge in [0.05, 0.1) is 12.7 Å². The van der Waals surface area contributed by atoms with Crippen molar-refractivity contribution >= 4 is 5.91 Å². The fraction of sp³-hybridized carbons (Fsp3) is 0.941. The molecule has 0 radical (unpaired) electrons. The van der Waals surface area contributed by atoms with Gasteiger partial charge in [-0.3, -0.25) is 4.79 Å². The van der Waals surface area contributed by atoms with E-state index in [1.807, 2.05) is 48.5 Å². The highest BCUT2D eigenvalue weighted by atomic mass is 16.5. The summed E-state index contributed by atoms with van der Waals surface area (Å²) in [4.78, 5) is 11.2. The van der Waals surface area contributed by atoms with Crippen molar-refractivity contribution in [3.05, 3.63) is 0 Å². The van der Waals surface area contributed by atoms with E-state index in [1.165, 1.54) is 0 Å². The molecule has 4 nitrogen and oxygen atoms in total. The van der Waals surface area contributed by atoms with Crippen LogP contribution in [0.15, 0.2) is 0 Å². The van der Waals surface area contributed by atoms with Crippen molar-refractivity contribution in [3.8, 4) is 0 Å². The van der Waals surface area contributed by atoms with E-state index < -0.39 is 0 Å². The van der Waals surface area contributed by atoms with Crippen LogP contribution in [0.4, 0.5) is 0 Å². The second-order valence-electron chi connectivity index (χ2n) is 4.34. The summed E-state index contributed by atoms with van der Waals surface area (Å²) in [6, 6.07) is 0. The molecule has 0 rings (SSSR count). The second-order valence-corrected chi connectivity index (χ2v) is 4.34. The number of rotatable bonds is 11. The van der Waals surface area contributed by atoms with Gasteiger partial charge in [-0.2, -0.15) is 0 Å². The van der Waals surface area contributed by atoms with Crippen LogP contribution >= 0.6 is 0 Å². The van der Waals surface area contributed by atoms with Crippen LogP contribution in [-0.2, 0) is 14.3 Å². The van der Waals surface area contributed by atoms with Gasteiger partial charge in [-0.05, 0) is 33.1 Å². The van der Waals surface area contributed by atoms with Gasteiger partial charge in [0.15, 0.2) is 0 Å². The molecule has 0 bridgehead atoms. The molecule has 132 valence electrons. The lowest BCUT2D eigenvalue weighted by Crippen LogP contribution is -2.25. The molecule has 0 saturated carbocycles. The molecule has 0 aromatic heterocycles. The summed E-state index contributed by atoms with van der Waals surface area (Å²) >= 11 is 0. The van der Waals surface area contributed by atoms with E-state index in [0.717, 1.165) is 32.4 Å². The van der Waals surface area contributed by atoms with Crippen LogP contribution in [0.5, 0.6) is 0 Å². The molecule has 0 aromatic rings. The Hall–Kier alpha value is -0.610. The molecular weight excluding hydrogens is 266 g/mol. The monoisotopic (exact) mass is 307 g/mol. The van der Waals surface area contributed by atoms with Gasteiger partial charge in [-0.1, -0.05) is 34.6 Å². The normalized spacial score (nSPS) is 9.33. The lowest BCUT2D eigenvalue weighted by atomic mass is 10.3. The molecule has 0 spiro atoms. The highest BCUT2D eigenvalue weighted by Gasteiger charge is 1.99. The minimum atomic E-state index is 0. The number of amides is 1. The van der Waals surface area contributed by atoms with E-state index in [4.69, 9.17) is 9.47 Å². The first-order valence-corrected chi connectivity index (χ1v) is 8.62. The lowest BCUT2D eigenvalue weighted by Gasteiger charge is -2.07. The number of carbonyl (C=O) groups excluding carboxylic acids is 1. The molecule has 1 N–H and O–H groups in total. The number of unbranched alkanes of at least 4 members (excludes halogenated alkanes) is 1. The molecular formula is C17H41NO3. The van der Waals surface area contributed by atoms with Crippen LogP contribution in [-0.4, -0.2) is 38.4 Å². The first-order valence-electron chi connectivity index (χ1n) is 8.62. The van der Waals surface area contributed by atoms with Crippen molar-refractivity contribution in [2.75, 3.05) is 26.4 Å². The SMILES string of the molecule is CC.CC.CCCNC(=O)CCOCCCCOC(C)C.[HH]. The first kappa shape index (κ1) is 25.3. The predicted molar refractivity (Wildman–Crippen MR) is 93.9 cm³/mol. The third-order valence-electron chi connectivity index (χ3n) is 2.18. The summed E-state index contributed by atoms with van der Waals surface area (Å²) in [5, 5.41) is 2.82. The van der Waals surface area contributed by atoms with Gasteiger partial charge in [0.1, 0.15) is 0 Å². The van der Waals surface area contributed by atoms with Crippen molar-refractivity contribution in [2.24, 2.45) is 0 Å². The van der Waals surface area contributed by atoms with E-state index in [2.05, 4.69) is 5.32 Å². The molecule has 0 aliphatic rings. The van der Waals surface area contributed by atoms with Crippen molar-refractivity contribution in [2.45, 2.75) is 80.3 Å². The lowest BCUT2D eigenvalue weighted by molar-refractivity contribution is -0.122. The number of carbonyl (C=O) groups is 1. The zero-order chi connectivity index (χ0) is 16.9. The zero-order valence-corrected chi connectivity index (χ0v) is 15.5. The van der Waals surface area contributed by atoms with Crippen LogP contribution in [0.1, 0.15) is 75.6 Å². The molecule has 1 amide bonds. The number of nitrogens with one attached hydrogen (secondary N) is 1. The third kappa shape index (κ3) is 28.3. The Bertz CT molecular complexity index is 191. The molecule has 0 unspecified atom stereocenters. The Morgan fingerprint density at radius 1 is 1.05 bits per heavy atom. The Kier molecular flexibility index (Phi) is 29.5. The molecule has 0 atom stereocenters. The van der Waals surface area contributed by atoms with Gasteiger partial charge in [-0.15, -0.1) is 0 Å². The molecule has 21 heavy (non-hydrogen) atoms. The van der Waals surface area contributed by atoms with Crippen molar-refractivity contribution in [3.63, 3.8) is 0 Å². The Morgan fingerprint density at radius 3 is 2.14 bits per heavy atom. The summed E-state index contributed by atoms with van der Waals surface area (Å²) in [5.41, 5.74) is 0. The van der Waals surface area contributed by atoms with Gasteiger partial charge in [0.25, 0.3) is 0 Å². The quantitative estimate of drug-likeness (QED) is 0.575. The van der Waals surface area contributed by atoms with Gasteiger partial charge >= 0.3 is 0 Å². The Balaban J connectivity index is -0.000000297. The number of hydrogen-bond donors (Lipinski definition) is 1. The van der Waals surface area contributed by atoms with E-state index in [-0.39, 0.29) is 7.33 Å². The summed E-state index contributed by atoms with van der Waals surface area (Å²) in [7, 11) is 0. The topological polar surface area (TPSA) is 47.6 Å². The zero-order valence-electron chi connectivity index (χ0n) is 15.5. The van der Waals surface area contributed by atoms with Crippen molar-refractivity contribution in [1.82, 2.24) is 5.32 Å². The van der Waals surface area contributed by atoms with E-state index in [1.54, 1.807) is 0 Å².